The summed E-state index contributed by atoms with van der Waals surface area (Å²) in [6.07, 6.45) is 0.430. The molecule has 0 saturated heterocycles. The van der Waals surface area contributed by atoms with E-state index < -0.39 is 11.6 Å². The van der Waals surface area contributed by atoms with Crippen LogP contribution in [0.3, 0.4) is 0 Å². The van der Waals surface area contributed by atoms with E-state index in [1.165, 1.54) is 23.5 Å². The number of nitrogens with zero attached hydrogens (tertiary/aromatic N) is 1. The number of rotatable bonds is 5. The molecule has 0 aliphatic carbocycles. The number of benzene rings is 1. The number of thiazole rings is 1. The van der Waals surface area contributed by atoms with Crippen molar-refractivity contribution in [1.29, 1.82) is 0 Å². The lowest BCUT2D eigenvalue weighted by Crippen LogP contribution is -2.05. The van der Waals surface area contributed by atoms with Gasteiger partial charge in [0.15, 0.2) is 17.4 Å². The largest absolute Gasteiger partial charge is 0.481 e. The monoisotopic (exact) mass is 284 g/mol. The first-order valence-corrected chi connectivity index (χ1v) is 6.70. The second-order valence-electron chi connectivity index (χ2n) is 4.07. The van der Waals surface area contributed by atoms with Gasteiger partial charge < -0.3 is 10.5 Å². The third-order valence-corrected chi connectivity index (χ3v) is 3.34. The van der Waals surface area contributed by atoms with Crippen molar-refractivity contribution in [1.82, 2.24) is 4.98 Å². The van der Waals surface area contributed by atoms with Gasteiger partial charge in [-0.25, -0.2) is 13.8 Å². The lowest BCUT2D eigenvalue weighted by Gasteiger charge is -2.09. The average Bonchev–Trinajstić information content (AvgIpc) is 2.74. The molecule has 0 aliphatic rings. The first-order chi connectivity index (χ1) is 9.10. The smallest absolute Gasteiger partial charge is 0.191 e. The Morgan fingerprint density at radius 3 is 2.53 bits per heavy atom. The Morgan fingerprint density at radius 1 is 1.32 bits per heavy atom. The zero-order valence-electron chi connectivity index (χ0n) is 10.5. The van der Waals surface area contributed by atoms with Crippen molar-refractivity contribution < 1.29 is 13.5 Å². The summed E-state index contributed by atoms with van der Waals surface area (Å²) in [4.78, 5) is 4.16. The molecule has 0 radical (unpaired) electrons. The van der Waals surface area contributed by atoms with Crippen LogP contribution in [-0.4, -0.2) is 11.5 Å². The lowest BCUT2D eigenvalue weighted by atomic mass is 10.1. The van der Waals surface area contributed by atoms with E-state index in [0.29, 0.717) is 24.2 Å². The molecule has 1 aromatic heterocycles. The molecule has 0 atom stereocenters. The minimum Gasteiger partial charge on any atom is -0.481 e. The van der Waals surface area contributed by atoms with Crippen LogP contribution in [0.5, 0.6) is 5.75 Å². The van der Waals surface area contributed by atoms with Gasteiger partial charge in [0, 0.05) is 5.38 Å². The maximum Gasteiger partial charge on any atom is 0.191 e. The fraction of sp³-hybridized carbons (Fsp3) is 0.308. The quantitative estimate of drug-likeness (QED) is 0.918. The van der Waals surface area contributed by atoms with Crippen molar-refractivity contribution in [2.75, 3.05) is 6.54 Å². The minimum absolute atomic E-state index is 0.0500. The van der Waals surface area contributed by atoms with Gasteiger partial charge in [0.2, 0.25) is 0 Å². The van der Waals surface area contributed by atoms with Crippen LogP contribution in [0.15, 0.2) is 17.5 Å². The van der Waals surface area contributed by atoms with Gasteiger partial charge in [-0.05, 0) is 37.6 Å². The van der Waals surface area contributed by atoms with Crippen molar-refractivity contribution >= 4 is 11.3 Å². The molecule has 19 heavy (non-hydrogen) atoms. The second kappa shape index (κ2) is 6.08. The fourth-order valence-corrected chi connectivity index (χ4v) is 2.28. The van der Waals surface area contributed by atoms with E-state index in [1.54, 1.807) is 5.38 Å². The lowest BCUT2D eigenvalue weighted by molar-refractivity contribution is 0.270. The number of ether oxygens (including phenoxy) is 1. The molecule has 0 amide bonds. The van der Waals surface area contributed by atoms with E-state index in [-0.39, 0.29) is 12.4 Å². The van der Waals surface area contributed by atoms with Crippen LogP contribution in [0.4, 0.5) is 8.78 Å². The van der Waals surface area contributed by atoms with Crippen molar-refractivity contribution in [2.45, 2.75) is 20.0 Å². The molecule has 2 rings (SSSR count). The Labute approximate surface area is 114 Å². The highest BCUT2D eigenvalue weighted by molar-refractivity contribution is 7.09. The minimum atomic E-state index is -0.713. The van der Waals surface area contributed by atoms with Crippen molar-refractivity contribution in [3.8, 4) is 5.75 Å². The van der Waals surface area contributed by atoms with E-state index in [9.17, 15) is 8.78 Å². The summed E-state index contributed by atoms with van der Waals surface area (Å²) in [6.45, 7) is 2.25. The SMILES string of the molecule is Cc1nc(COc2c(F)cc(CCN)cc2F)cs1. The molecule has 1 heterocycles. The molecule has 2 N–H and O–H groups in total. The molecule has 0 unspecified atom stereocenters. The van der Waals surface area contributed by atoms with Crippen LogP contribution in [0.2, 0.25) is 0 Å². The number of hydrogen-bond acceptors (Lipinski definition) is 4. The molecule has 0 aliphatic heterocycles. The van der Waals surface area contributed by atoms with Gasteiger partial charge in [-0.3, -0.25) is 0 Å². The number of halogens is 2. The van der Waals surface area contributed by atoms with Crippen LogP contribution >= 0.6 is 11.3 Å². The highest BCUT2D eigenvalue weighted by Crippen LogP contribution is 2.24. The van der Waals surface area contributed by atoms with Crippen LogP contribution < -0.4 is 10.5 Å². The first kappa shape index (κ1) is 13.9. The molecule has 1 aromatic carbocycles. The summed E-state index contributed by atoms with van der Waals surface area (Å²) in [7, 11) is 0. The Bertz CT molecular complexity index is 549. The van der Waals surface area contributed by atoms with E-state index in [1.807, 2.05) is 6.92 Å². The molecule has 0 fully saturated rings. The van der Waals surface area contributed by atoms with E-state index in [4.69, 9.17) is 10.5 Å². The summed E-state index contributed by atoms with van der Waals surface area (Å²) >= 11 is 1.46. The van der Waals surface area contributed by atoms with Gasteiger partial charge in [-0.2, -0.15) is 0 Å². The van der Waals surface area contributed by atoms with Crippen molar-refractivity contribution in [2.24, 2.45) is 5.73 Å². The van der Waals surface area contributed by atoms with Gasteiger partial charge in [-0.15, -0.1) is 11.3 Å². The standard InChI is InChI=1S/C13H14F2N2OS/c1-8-17-10(7-19-8)6-18-13-11(14)4-9(2-3-16)5-12(13)15/h4-5,7H,2-3,6,16H2,1H3. The van der Waals surface area contributed by atoms with Crippen LogP contribution in [-0.2, 0) is 13.0 Å². The summed E-state index contributed by atoms with van der Waals surface area (Å²) in [5.41, 5.74) is 6.53. The number of aryl methyl sites for hydroxylation is 1. The normalized spacial score (nSPS) is 10.7. The molecular formula is C13H14F2N2OS. The second-order valence-corrected chi connectivity index (χ2v) is 5.14. The maximum atomic E-state index is 13.7. The average molecular weight is 284 g/mol. The Balaban J connectivity index is 2.11. The Morgan fingerprint density at radius 2 is 2.00 bits per heavy atom. The first-order valence-electron chi connectivity index (χ1n) is 5.82. The Kier molecular flexibility index (Phi) is 4.44. The predicted molar refractivity (Wildman–Crippen MR) is 70.3 cm³/mol. The van der Waals surface area contributed by atoms with Gasteiger partial charge in [0.1, 0.15) is 6.61 Å². The molecule has 6 heteroatoms. The summed E-state index contributed by atoms with van der Waals surface area (Å²) < 4.78 is 32.6. The van der Waals surface area contributed by atoms with Crippen LogP contribution in [0.25, 0.3) is 0 Å². The molecule has 3 nitrogen and oxygen atoms in total. The molecular weight excluding hydrogens is 270 g/mol. The molecule has 2 aromatic rings. The molecule has 0 saturated carbocycles. The predicted octanol–water partition coefficient (Wildman–Crippen LogP) is 2.81. The van der Waals surface area contributed by atoms with E-state index >= 15 is 0 Å². The number of nitrogens with two attached hydrogens (primary N) is 1. The van der Waals surface area contributed by atoms with Gasteiger partial charge in [-0.1, -0.05) is 0 Å². The zero-order chi connectivity index (χ0) is 13.8. The van der Waals surface area contributed by atoms with Crippen LogP contribution in [0, 0.1) is 18.6 Å². The molecule has 102 valence electrons. The number of hydrogen-bond donors (Lipinski definition) is 1. The molecule has 0 spiro atoms. The summed E-state index contributed by atoms with van der Waals surface area (Å²) in [5.74, 6) is -1.79. The van der Waals surface area contributed by atoms with E-state index in [0.717, 1.165) is 5.01 Å². The summed E-state index contributed by atoms with van der Waals surface area (Å²) in [5, 5.41) is 2.69. The third-order valence-electron chi connectivity index (χ3n) is 2.52. The van der Waals surface area contributed by atoms with Gasteiger partial charge in [0.05, 0.1) is 10.7 Å². The zero-order valence-corrected chi connectivity index (χ0v) is 11.3. The molecule has 0 bridgehead atoms. The Hall–Kier alpha value is -1.53. The number of aromatic nitrogens is 1. The fourth-order valence-electron chi connectivity index (χ4n) is 1.68. The third kappa shape index (κ3) is 3.48. The highest BCUT2D eigenvalue weighted by Gasteiger charge is 2.13. The van der Waals surface area contributed by atoms with Gasteiger partial charge >= 0.3 is 0 Å². The summed E-state index contributed by atoms with van der Waals surface area (Å²) in [6, 6.07) is 2.50. The van der Waals surface area contributed by atoms with Gasteiger partial charge in [0.25, 0.3) is 0 Å². The van der Waals surface area contributed by atoms with Crippen molar-refractivity contribution in [3.63, 3.8) is 0 Å². The van der Waals surface area contributed by atoms with Crippen LogP contribution in [0.1, 0.15) is 16.3 Å². The van der Waals surface area contributed by atoms with Crippen molar-refractivity contribution in [3.05, 3.63) is 45.4 Å². The highest BCUT2D eigenvalue weighted by atomic mass is 32.1. The maximum absolute atomic E-state index is 13.7. The van der Waals surface area contributed by atoms with E-state index in [2.05, 4.69) is 4.98 Å². The topological polar surface area (TPSA) is 48.1 Å².